The summed E-state index contributed by atoms with van der Waals surface area (Å²) in [5.74, 6) is -0.348. The van der Waals surface area contributed by atoms with Gasteiger partial charge in [0.2, 0.25) is 0 Å². The van der Waals surface area contributed by atoms with Crippen LogP contribution < -0.4 is 9.64 Å². The molecule has 0 bridgehead atoms. The molecular formula is C18H19NO3. The first-order valence-electron chi connectivity index (χ1n) is 7.42. The molecule has 1 aliphatic heterocycles. The van der Waals surface area contributed by atoms with Crippen LogP contribution in [0.2, 0.25) is 0 Å². The number of hydrogen-bond donors (Lipinski definition) is 1. The summed E-state index contributed by atoms with van der Waals surface area (Å²) in [6.45, 7) is 1.55. The summed E-state index contributed by atoms with van der Waals surface area (Å²) < 4.78 is 5.13. The molecule has 1 aliphatic rings. The van der Waals surface area contributed by atoms with E-state index in [4.69, 9.17) is 4.74 Å². The van der Waals surface area contributed by atoms with Gasteiger partial charge >= 0.3 is 5.97 Å². The van der Waals surface area contributed by atoms with Crippen molar-refractivity contribution in [1.29, 1.82) is 0 Å². The van der Waals surface area contributed by atoms with E-state index >= 15 is 0 Å². The first-order chi connectivity index (χ1) is 10.7. The summed E-state index contributed by atoms with van der Waals surface area (Å²) in [5, 5.41) is 9.44. The molecule has 0 fully saturated rings. The normalized spacial score (nSPS) is 13.6. The van der Waals surface area contributed by atoms with E-state index in [1.807, 2.05) is 18.2 Å². The predicted molar refractivity (Wildman–Crippen MR) is 85.8 cm³/mol. The third-order valence-electron chi connectivity index (χ3n) is 4.12. The minimum absolute atomic E-state index is 0.308. The second-order valence-corrected chi connectivity index (χ2v) is 5.48. The fourth-order valence-electron chi connectivity index (χ4n) is 3.00. The van der Waals surface area contributed by atoms with Crippen molar-refractivity contribution < 1.29 is 14.6 Å². The average molecular weight is 297 g/mol. The molecule has 1 N–H and O–H groups in total. The van der Waals surface area contributed by atoms with Crippen molar-refractivity contribution in [2.45, 2.75) is 19.4 Å². The number of benzene rings is 2. The van der Waals surface area contributed by atoms with Crippen LogP contribution >= 0.6 is 0 Å². The molecule has 2 aromatic carbocycles. The minimum Gasteiger partial charge on any atom is -0.497 e. The number of carboxylic acids is 1. The fourth-order valence-corrected chi connectivity index (χ4v) is 3.00. The highest BCUT2D eigenvalue weighted by Crippen LogP contribution is 2.29. The minimum atomic E-state index is -0.917. The quantitative estimate of drug-likeness (QED) is 0.940. The summed E-state index contributed by atoms with van der Waals surface area (Å²) in [7, 11) is 1.54. The Kier molecular flexibility index (Phi) is 4.00. The molecule has 0 radical (unpaired) electrons. The number of hydrogen-bond acceptors (Lipinski definition) is 3. The van der Waals surface area contributed by atoms with Crippen LogP contribution in [-0.2, 0) is 13.0 Å². The van der Waals surface area contributed by atoms with Gasteiger partial charge in [0.15, 0.2) is 0 Å². The predicted octanol–water partition coefficient (Wildman–Crippen LogP) is 3.35. The van der Waals surface area contributed by atoms with Crippen LogP contribution in [0.15, 0.2) is 42.5 Å². The average Bonchev–Trinajstić information content (AvgIpc) is 2.55. The molecule has 0 saturated heterocycles. The summed E-state index contributed by atoms with van der Waals surface area (Å²) in [6, 6.07) is 13.6. The van der Waals surface area contributed by atoms with Crippen LogP contribution in [0.4, 0.5) is 5.69 Å². The Labute approximate surface area is 130 Å². The van der Waals surface area contributed by atoms with Crippen LogP contribution in [0.5, 0.6) is 5.75 Å². The van der Waals surface area contributed by atoms with Gasteiger partial charge < -0.3 is 14.7 Å². The number of carboxylic acid groups (broad SMARTS) is 1. The topological polar surface area (TPSA) is 49.8 Å². The Morgan fingerprint density at radius 3 is 2.86 bits per heavy atom. The first kappa shape index (κ1) is 14.4. The van der Waals surface area contributed by atoms with Crippen molar-refractivity contribution in [3.63, 3.8) is 0 Å². The van der Waals surface area contributed by atoms with Gasteiger partial charge in [-0.25, -0.2) is 4.79 Å². The number of methoxy groups -OCH3 is 1. The standard InChI is InChI=1S/C18H19NO3/c1-22-15-9-8-14(16(11-15)18(20)21)12-19-10-4-6-13-5-2-3-7-17(13)19/h2-3,5,7-9,11H,4,6,10,12H2,1H3,(H,20,21). The van der Waals surface area contributed by atoms with E-state index in [0.717, 1.165) is 24.9 Å². The molecule has 0 atom stereocenters. The number of anilines is 1. The molecule has 2 aromatic rings. The number of para-hydroxylation sites is 1. The van der Waals surface area contributed by atoms with E-state index in [9.17, 15) is 9.90 Å². The van der Waals surface area contributed by atoms with Crippen molar-refractivity contribution in [2.75, 3.05) is 18.6 Å². The van der Waals surface area contributed by atoms with Crippen molar-refractivity contribution in [3.05, 3.63) is 59.2 Å². The number of ether oxygens (including phenoxy) is 1. The number of aromatic carboxylic acids is 1. The number of nitrogens with zero attached hydrogens (tertiary/aromatic N) is 1. The third kappa shape index (κ3) is 2.77. The molecule has 0 amide bonds. The van der Waals surface area contributed by atoms with Gasteiger partial charge in [0.05, 0.1) is 12.7 Å². The van der Waals surface area contributed by atoms with Crippen LogP contribution in [0.3, 0.4) is 0 Å². The van der Waals surface area contributed by atoms with Crippen LogP contribution in [0, 0.1) is 0 Å². The lowest BCUT2D eigenvalue weighted by Crippen LogP contribution is -2.29. The second kappa shape index (κ2) is 6.10. The van der Waals surface area contributed by atoms with Gasteiger partial charge in [-0.1, -0.05) is 24.3 Å². The van der Waals surface area contributed by atoms with E-state index < -0.39 is 5.97 Å². The van der Waals surface area contributed by atoms with Crippen LogP contribution in [0.1, 0.15) is 27.9 Å². The summed E-state index contributed by atoms with van der Waals surface area (Å²) >= 11 is 0. The molecule has 0 aliphatic carbocycles. The number of aryl methyl sites for hydroxylation is 1. The van der Waals surface area contributed by atoms with Gasteiger partial charge in [0, 0.05) is 18.8 Å². The molecule has 0 spiro atoms. The highest BCUT2D eigenvalue weighted by Gasteiger charge is 2.19. The van der Waals surface area contributed by atoms with Gasteiger partial charge in [-0.2, -0.15) is 0 Å². The van der Waals surface area contributed by atoms with E-state index in [0.29, 0.717) is 17.9 Å². The lowest BCUT2D eigenvalue weighted by atomic mass is 10.00. The summed E-state index contributed by atoms with van der Waals surface area (Å²) in [5.41, 5.74) is 3.66. The number of fused-ring (bicyclic) bond motifs is 1. The Balaban J connectivity index is 1.93. The largest absolute Gasteiger partial charge is 0.497 e. The van der Waals surface area contributed by atoms with E-state index in [2.05, 4.69) is 23.1 Å². The molecule has 4 nitrogen and oxygen atoms in total. The Hall–Kier alpha value is -2.49. The summed E-state index contributed by atoms with van der Waals surface area (Å²) in [6.07, 6.45) is 2.18. The zero-order valence-electron chi connectivity index (χ0n) is 12.6. The molecule has 22 heavy (non-hydrogen) atoms. The maximum Gasteiger partial charge on any atom is 0.336 e. The van der Waals surface area contributed by atoms with Gasteiger partial charge in [-0.3, -0.25) is 0 Å². The first-order valence-corrected chi connectivity index (χ1v) is 7.42. The molecular weight excluding hydrogens is 278 g/mol. The highest BCUT2D eigenvalue weighted by molar-refractivity contribution is 5.90. The Bertz CT molecular complexity index is 696. The van der Waals surface area contributed by atoms with E-state index in [-0.39, 0.29) is 0 Å². The Morgan fingerprint density at radius 2 is 2.09 bits per heavy atom. The van der Waals surface area contributed by atoms with Gasteiger partial charge in [-0.15, -0.1) is 0 Å². The van der Waals surface area contributed by atoms with Gasteiger partial charge in [-0.05, 0) is 42.2 Å². The Morgan fingerprint density at radius 1 is 1.27 bits per heavy atom. The maximum atomic E-state index is 11.5. The fraction of sp³-hybridized carbons (Fsp3) is 0.278. The monoisotopic (exact) mass is 297 g/mol. The molecule has 0 unspecified atom stereocenters. The lowest BCUT2D eigenvalue weighted by molar-refractivity contribution is 0.0695. The van der Waals surface area contributed by atoms with Crippen molar-refractivity contribution >= 4 is 11.7 Å². The molecule has 3 rings (SSSR count). The van der Waals surface area contributed by atoms with E-state index in [1.54, 1.807) is 13.2 Å². The molecule has 0 aromatic heterocycles. The maximum absolute atomic E-state index is 11.5. The smallest absolute Gasteiger partial charge is 0.336 e. The highest BCUT2D eigenvalue weighted by atomic mass is 16.5. The second-order valence-electron chi connectivity index (χ2n) is 5.48. The molecule has 4 heteroatoms. The van der Waals surface area contributed by atoms with Gasteiger partial charge in [0.25, 0.3) is 0 Å². The van der Waals surface area contributed by atoms with Gasteiger partial charge in [0.1, 0.15) is 5.75 Å². The lowest BCUT2D eigenvalue weighted by Gasteiger charge is -2.31. The number of carbonyl (C=O) groups is 1. The van der Waals surface area contributed by atoms with Crippen LogP contribution in [0.25, 0.3) is 0 Å². The van der Waals surface area contributed by atoms with Crippen molar-refractivity contribution in [3.8, 4) is 5.75 Å². The zero-order valence-corrected chi connectivity index (χ0v) is 12.6. The zero-order chi connectivity index (χ0) is 15.5. The van der Waals surface area contributed by atoms with Crippen LogP contribution in [-0.4, -0.2) is 24.7 Å². The molecule has 114 valence electrons. The molecule has 0 saturated carbocycles. The van der Waals surface area contributed by atoms with Crippen molar-refractivity contribution in [2.24, 2.45) is 0 Å². The number of rotatable bonds is 4. The molecule has 1 heterocycles. The SMILES string of the molecule is COc1ccc(CN2CCCc3ccccc32)c(C(=O)O)c1. The van der Waals surface area contributed by atoms with Crippen molar-refractivity contribution in [1.82, 2.24) is 0 Å². The van der Waals surface area contributed by atoms with E-state index in [1.165, 1.54) is 11.3 Å². The summed E-state index contributed by atoms with van der Waals surface area (Å²) in [4.78, 5) is 13.8. The third-order valence-corrected chi connectivity index (χ3v) is 4.12.